The van der Waals surface area contributed by atoms with Crippen LogP contribution in [0.5, 0.6) is 0 Å². The fourth-order valence-electron chi connectivity index (χ4n) is 3.94. The molecule has 1 aliphatic heterocycles. The molecule has 4 rings (SSSR count). The van der Waals surface area contributed by atoms with Gasteiger partial charge in [-0.15, -0.1) is 0 Å². The Hall–Kier alpha value is -3.15. The van der Waals surface area contributed by atoms with Crippen LogP contribution in [-0.4, -0.2) is 33.0 Å². The maximum Gasteiger partial charge on any atom is 0.431 e. The summed E-state index contributed by atoms with van der Waals surface area (Å²) in [4.78, 5) is 43.1. The lowest BCUT2D eigenvalue weighted by molar-refractivity contribution is -0.172. The minimum absolute atomic E-state index is 0.0544. The van der Waals surface area contributed by atoms with E-state index >= 15 is 0 Å². The zero-order chi connectivity index (χ0) is 25.0. The lowest BCUT2D eigenvalue weighted by Crippen LogP contribution is -2.43. The first-order valence-corrected chi connectivity index (χ1v) is 10.6. The summed E-state index contributed by atoms with van der Waals surface area (Å²) >= 11 is 6.18. The van der Waals surface area contributed by atoms with Gasteiger partial charge >= 0.3 is 17.8 Å². The van der Waals surface area contributed by atoms with Gasteiger partial charge in [-0.2, -0.15) is 13.2 Å². The highest BCUT2D eigenvalue weighted by molar-refractivity contribution is 6.34. The van der Waals surface area contributed by atoms with E-state index in [1.807, 2.05) is 0 Å². The van der Waals surface area contributed by atoms with Crippen molar-refractivity contribution in [2.75, 3.05) is 6.61 Å². The van der Waals surface area contributed by atoms with Crippen LogP contribution < -0.4 is 11.2 Å². The summed E-state index contributed by atoms with van der Waals surface area (Å²) < 4.78 is 59.8. The van der Waals surface area contributed by atoms with Crippen LogP contribution in [0.2, 0.25) is 5.02 Å². The first kappa shape index (κ1) is 24.0. The predicted molar refractivity (Wildman–Crippen MR) is 112 cm³/mol. The van der Waals surface area contributed by atoms with Crippen LogP contribution in [0.25, 0.3) is 5.69 Å². The van der Waals surface area contributed by atoms with Crippen molar-refractivity contribution in [1.82, 2.24) is 9.13 Å². The highest BCUT2D eigenvalue weighted by Crippen LogP contribution is 2.48. The maximum atomic E-state index is 14.8. The molecule has 1 fully saturated rings. The van der Waals surface area contributed by atoms with Gasteiger partial charge in [0.05, 0.1) is 23.0 Å². The number of carbonyl (C=O) groups is 1. The van der Waals surface area contributed by atoms with Crippen LogP contribution in [0.4, 0.5) is 17.6 Å². The summed E-state index contributed by atoms with van der Waals surface area (Å²) in [7, 11) is 0.814. The number of alkyl halides is 3. The minimum Gasteiger partial charge on any atom is -0.463 e. The first-order chi connectivity index (χ1) is 15.9. The Labute approximate surface area is 194 Å². The molecule has 2 aromatic rings. The molecule has 34 heavy (non-hydrogen) atoms. The molecular weight excluding hydrogens is 486 g/mol. The summed E-state index contributed by atoms with van der Waals surface area (Å²) in [6.07, 6.45) is -3.60. The zero-order valence-corrected chi connectivity index (χ0v) is 18.7. The third kappa shape index (κ3) is 3.89. The number of esters is 1. The summed E-state index contributed by atoms with van der Waals surface area (Å²) in [5, 5.41) is 3.79. The van der Waals surface area contributed by atoms with Gasteiger partial charge in [-0.25, -0.2) is 18.5 Å². The number of aromatic nitrogens is 2. The van der Waals surface area contributed by atoms with Crippen LogP contribution in [0.1, 0.15) is 37.4 Å². The van der Waals surface area contributed by atoms with Gasteiger partial charge in [-0.05, 0) is 31.9 Å². The molecule has 182 valence electrons. The van der Waals surface area contributed by atoms with Gasteiger partial charge in [0.2, 0.25) is 5.60 Å². The quantitative estimate of drug-likeness (QED) is 0.461. The molecule has 1 unspecified atom stereocenters. The molecule has 8 nitrogen and oxygen atoms in total. The summed E-state index contributed by atoms with van der Waals surface area (Å²) in [5.74, 6) is -1.87. The number of halogens is 5. The number of carbonyl (C=O) groups excluding carboxylic acids is 1. The molecule has 1 atom stereocenters. The van der Waals surface area contributed by atoms with Gasteiger partial charge in [-0.3, -0.25) is 9.36 Å². The molecule has 0 radical (unpaired) electrons. The highest BCUT2D eigenvalue weighted by atomic mass is 35.5. The monoisotopic (exact) mass is 503 g/mol. The van der Waals surface area contributed by atoms with E-state index in [2.05, 4.69) is 5.16 Å². The SMILES string of the molecule is CCOC(=O)C1(C2CC2)CC(c2cc(-n3c(=O)cc(C(F)(F)F)n(C)c3=O)c(F)cc2Cl)=NO1. The van der Waals surface area contributed by atoms with Crippen molar-refractivity contribution in [3.05, 3.63) is 61.1 Å². The van der Waals surface area contributed by atoms with Gasteiger partial charge in [0, 0.05) is 31.0 Å². The fourth-order valence-corrected chi connectivity index (χ4v) is 4.20. The van der Waals surface area contributed by atoms with Crippen LogP contribution >= 0.6 is 11.6 Å². The van der Waals surface area contributed by atoms with Crippen molar-refractivity contribution in [1.29, 1.82) is 0 Å². The third-order valence-corrected chi connectivity index (χ3v) is 6.12. The summed E-state index contributed by atoms with van der Waals surface area (Å²) in [6, 6.07) is 2.02. The van der Waals surface area contributed by atoms with Gasteiger partial charge in [-0.1, -0.05) is 16.8 Å². The predicted octanol–water partition coefficient (Wildman–Crippen LogP) is 3.18. The Morgan fingerprint density at radius 2 is 1.97 bits per heavy atom. The second-order valence-corrected chi connectivity index (χ2v) is 8.42. The summed E-state index contributed by atoms with van der Waals surface area (Å²) in [6.45, 7) is 1.76. The lowest BCUT2D eigenvalue weighted by atomic mass is 9.89. The van der Waals surface area contributed by atoms with E-state index in [1.165, 1.54) is 0 Å². The molecule has 0 bridgehead atoms. The number of oxime groups is 1. The highest BCUT2D eigenvalue weighted by Gasteiger charge is 2.58. The van der Waals surface area contributed by atoms with E-state index < -0.39 is 46.2 Å². The Balaban J connectivity index is 1.80. The zero-order valence-electron chi connectivity index (χ0n) is 17.9. The largest absolute Gasteiger partial charge is 0.463 e. The average molecular weight is 504 g/mol. The van der Waals surface area contributed by atoms with Crippen molar-refractivity contribution in [2.24, 2.45) is 18.1 Å². The summed E-state index contributed by atoms with van der Waals surface area (Å²) in [5.41, 5.74) is -6.07. The number of ether oxygens (including phenoxy) is 1. The van der Waals surface area contributed by atoms with Crippen LogP contribution in [-0.2, 0) is 27.6 Å². The van der Waals surface area contributed by atoms with Crippen molar-refractivity contribution >= 4 is 23.3 Å². The Morgan fingerprint density at radius 3 is 2.56 bits per heavy atom. The molecule has 1 aliphatic carbocycles. The molecule has 1 aromatic heterocycles. The number of hydrogen-bond donors (Lipinski definition) is 0. The average Bonchev–Trinajstić information content (AvgIpc) is 3.51. The molecular formula is C21H18ClF4N3O5. The van der Waals surface area contributed by atoms with E-state index in [0.717, 1.165) is 19.2 Å². The number of rotatable bonds is 5. The van der Waals surface area contributed by atoms with E-state index in [9.17, 15) is 31.9 Å². The van der Waals surface area contributed by atoms with E-state index in [-0.39, 0.29) is 50.4 Å². The maximum absolute atomic E-state index is 14.8. The standard InChI is InChI=1S/C21H18ClF4N3O5/c1-3-33-18(31)20(10-4-5-10)9-14(27-34-20)11-6-15(13(23)7-12(11)22)29-17(30)8-16(21(24,25)26)28(2)19(29)32/h6-8,10H,3-5,9H2,1-2H3. The molecule has 0 N–H and O–H groups in total. The second kappa shape index (κ2) is 8.26. The Morgan fingerprint density at radius 1 is 1.29 bits per heavy atom. The lowest BCUT2D eigenvalue weighted by Gasteiger charge is -2.23. The molecule has 1 aromatic carbocycles. The van der Waals surface area contributed by atoms with Crippen LogP contribution in [0.15, 0.2) is 32.9 Å². The van der Waals surface area contributed by atoms with Crippen LogP contribution in [0, 0.1) is 11.7 Å². The van der Waals surface area contributed by atoms with Gasteiger partial charge < -0.3 is 9.57 Å². The van der Waals surface area contributed by atoms with Crippen molar-refractivity contribution in [3.8, 4) is 5.69 Å². The number of nitrogens with zero attached hydrogens (tertiary/aromatic N) is 3. The number of hydrogen-bond acceptors (Lipinski definition) is 6. The molecule has 13 heteroatoms. The topological polar surface area (TPSA) is 91.9 Å². The Kier molecular flexibility index (Phi) is 5.83. The van der Waals surface area contributed by atoms with Gasteiger partial charge in [0.15, 0.2) is 0 Å². The second-order valence-electron chi connectivity index (χ2n) is 8.02. The van der Waals surface area contributed by atoms with E-state index in [4.69, 9.17) is 21.2 Å². The Bertz CT molecular complexity index is 1330. The molecule has 0 saturated heterocycles. The van der Waals surface area contributed by atoms with Gasteiger partial charge in [0.1, 0.15) is 11.5 Å². The van der Waals surface area contributed by atoms with Crippen molar-refractivity contribution in [2.45, 2.75) is 38.0 Å². The smallest absolute Gasteiger partial charge is 0.431 e. The third-order valence-electron chi connectivity index (χ3n) is 5.81. The fraction of sp³-hybridized carbons (Fsp3) is 0.429. The minimum atomic E-state index is -4.97. The van der Waals surface area contributed by atoms with Crippen molar-refractivity contribution in [3.63, 3.8) is 0 Å². The van der Waals surface area contributed by atoms with Crippen molar-refractivity contribution < 1.29 is 31.9 Å². The van der Waals surface area contributed by atoms with E-state index in [0.29, 0.717) is 12.8 Å². The first-order valence-electron chi connectivity index (χ1n) is 10.2. The molecule has 1 saturated carbocycles. The molecule has 2 aliphatic rings. The molecule has 2 heterocycles. The number of benzene rings is 1. The van der Waals surface area contributed by atoms with Crippen LogP contribution in [0.3, 0.4) is 0 Å². The molecule has 0 spiro atoms. The van der Waals surface area contributed by atoms with Gasteiger partial charge in [0.25, 0.3) is 5.56 Å². The normalized spacial score (nSPS) is 20.1. The molecule has 0 amide bonds. The van der Waals surface area contributed by atoms with E-state index in [1.54, 1.807) is 6.92 Å².